The number of nitrogens with one attached hydrogen (secondary N) is 1. The minimum atomic E-state index is -3.53. The van der Waals surface area contributed by atoms with E-state index in [9.17, 15) is 18.0 Å². The number of anilines is 1. The summed E-state index contributed by atoms with van der Waals surface area (Å²) in [5, 5.41) is 3.22. The Morgan fingerprint density at radius 2 is 1.49 bits per heavy atom. The van der Waals surface area contributed by atoms with E-state index in [4.69, 9.17) is 0 Å². The number of carbonyl (C=O) groups is 2. The summed E-state index contributed by atoms with van der Waals surface area (Å²) < 4.78 is 26.4. The summed E-state index contributed by atoms with van der Waals surface area (Å²) in [6.45, 7) is 2.48. The van der Waals surface area contributed by atoms with E-state index in [2.05, 4.69) is 5.32 Å². The first-order valence-electron chi connectivity index (χ1n) is 14.4. The number of benzene rings is 3. The molecule has 1 aliphatic rings. The molecule has 8 heteroatoms. The van der Waals surface area contributed by atoms with Gasteiger partial charge in [-0.05, 0) is 49.4 Å². The molecule has 218 valence electrons. The predicted octanol–water partition coefficient (Wildman–Crippen LogP) is 5.24. The van der Waals surface area contributed by atoms with Gasteiger partial charge in [0.1, 0.15) is 6.04 Å². The molecule has 0 radical (unpaired) electrons. The van der Waals surface area contributed by atoms with Crippen molar-refractivity contribution in [2.24, 2.45) is 0 Å². The molecule has 1 aliphatic carbocycles. The fourth-order valence-electron chi connectivity index (χ4n) is 5.41. The molecule has 7 nitrogen and oxygen atoms in total. The van der Waals surface area contributed by atoms with Gasteiger partial charge in [0.25, 0.3) is 0 Å². The number of hydrogen-bond donors (Lipinski definition) is 1. The Morgan fingerprint density at radius 1 is 0.878 bits per heavy atom. The summed E-state index contributed by atoms with van der Waals surface area (Å²) in [5.41, 5.74) is 3.61. The molecule has 2 amide bonds. The first-order valence-corrected chi connectivity index (χ1v) is 16.3. The van der Waals surface area contributed by atoms with Gasteiger partial charge in [-0.3, -0.25) is 13.9 Å². The number of aryl methyl sites for hydroxylation is 1. The maximum atomic E-state index is 13.9. The average molecular weight is 576 g/mol. The Hall–Kier alpha value is -3.65. The van der Waals surface area contributed by atoms with Crippen molar-refractivity contribution in [2.75, 3.05) is 17.1 Å². The lowest BCUT2D eigenvalue weighted by Crippen LogP contribution is -2.52. The largest absolute Gasteiger partial charge is 0.352 e. The van der Waals surface area contributed by atoms with Crippen LogP contribution >= 0.6 is 0 Å². The van der Waals surface area contributed by atoms with Crippen molar-refractivity contribution in [1.82, 2.24) is 10.2 Å². The molecule has 0 spiro atoms. The number of rotatable bonds is 13. The van der Waals surface area contributed by atoms with Crippen LogP contribution in [0.3, 0.4) is 0 Å². The maximum absolute atomic E-state index is 13.9. The summed E-state index contributed by atoms with van der Waals surface area (Å²) in [4.78, 5) is 29.4. The van der Waals surface area contributed by atoms with Gasteiger partial charge in [0.05, 0.1) is 11.9 Å². The number of sulfonamides is 1. The number of hydrogen-bond acceptors (Lipinski definition) is 4. The van der Waals surface area contributed by atoms with E-state index in [-0.39, 0.29) is 30.8 Å². The molecule has 0 bridgehead atoms. The molecule has 0 saturated heterocycles. The molecule has 1 saturated carbocycles. The van der Waals surface area contributed by atoms with Gasteiger partial charge in [-0.2, -0.15) is 0 Å². The molecule has 0 aliphatic heterocycles. The van der Waals surface area contributed by atoms with Crippen LogP contribution in [0.1, 0.15) is 55.2 Å². The molecule has 0 aromatic heterocycles. The van der Waals surface area contributed by atoms with Crippen LogP contribution in [0.25, 0.3) is 0 Å². The summed E-state index contributed by atoms with van der Waals surface area (Å²) in [5.74, 6) is -0.308. The van der Waals surface area contributed by atoms with Crippen LogP contribution in [0.15, 0.2) is 84.9 Å². The Morgan fingerprint density at radius 3 is 2.10 bits per heavy atom. The third kappa shape index (κ3) is 8.92. The highest BCUT2D eigenvalue weighted by molar-refractivity contribution is 7.92. The standard InChI is InChI=1S/C33H41N3O4S/c1-26-19-21-28(22-20-26)25-35(32(37)18-11-23-36(41(2,39)40)30-16-7-4-8-17-30)31(24-27-12-5-3-6-13-27)33(38)34-29-14-9-10-15-29/h3-8,12-13,16-17,19-22,29,31H,9-11,14-15,18,23-25H2,1-2H3,(H,34,38)/t31-/m1/s1. The zero-order chi connectivity index (χ0) is 29.2. The topological polar surface area (TPSA) is 86.8 Å². The molecule has 0 unspecified atom stereocenters. The molecular weight excluding hydrogens is 534 g/mol. The van der Waals surface area contributed by atoms with Crippen LogP contribution in [0.2, 0.25) is 0 Å². The maximum Gasteiger partial charge on any atom is 0.243 e. The third-order valence-electron chi connectivity index (χ3n) is 7.64. The van der Waals surface area contributed by atoms with Crippen LogP contribution in [-0.2, 0) is 32.6 Å². The smallest absolute Gasteiger partial charge is 0.243 e. The number of nitrogens with zero attached hydrogens (tertiary/aromatic N) is 2. The van der Waals surface area contributed by atoms with Crippen molar-refractivity contribution in [1.29, 1.82) is 0 Å². The second-order valence-corrected chi connectivity index (χ2v) is 12.9. The zero-order valence-corrected chi connectivity index (χ0v) is 24.9. The average Bonchev–Trinajstić information content (AvgIpc) is 3.47. The van der Waals surface area contributed by atoms with E-state index < -0.39 is 16.1 Å². The van der Waals surface area contributed by atoms with Crippen molar-refractivity contribution in [3.8, 4) is 0 Å². The Bertz CT molecular complexity index is 1370. The molecule has 41 heavy (non-hydrogen) atoms. The van der Waals surface area contributed by atoms with Crippen LogP contribution in [0.5, 0.6) is 0 Å². The van der Waals surface area contributed by atoms with Crippen LogP contribution in [0.4, 0.5) is 5.69 Å². The van der Waals surface area contributed by atoms with E-state index in [1.165, 1.54) is 10.6 Å². The first kappa shape index (κ1) is 30.3. The van der Waals surface area contributed by atoms with Gasteiger partial charge in [-0.25, -0.2) is 8.42 Å². The lowest BCUT2D eigenvalue weighted by atomic mass is 10.0. The molecule has 3 aromatic rings. The second-order valence-electron chi connectivity index (χ2n) is 11.0. The quantitative estimate of drug-likeness (QED) is 0.302. The van der Waals surface area contributed by atoms with Crippen molar-refractivity contribution < 1.29 is 18.0 Å². The summed E-state index contributed by atoms with van der Waals surface area (Å²) in [6, 6.07) is 26.1. The van der Waals surface area contributed by atoms with Crippen molar-refractivity contribution >= 4 is 27.5 Å². The molecule has 3 aromatic carbocycles. The molecule has 4 rings (SSSR count). The summed E-state index contributed by atoms with van der Waals surface area (Å²) >= 11 is 0. The van der Waals surface area contributed by atoms with Gasteiger partial charge in [-0.15, -0.1) is 0 Å². The molecule has 1 fully saturated rings. The Balaban J connectivity index is 1.57. The molecule has 1 N–H and O–H groups in total. The van der Waals surface area contributed by atoms with Gasteiger partial charge >= 0.3 is 0 Å². The summed E-state index contributed by atoms with van der Waals surface area (Å²) in [6.07, 6.45) is 6.12. The highest BCUT2D eigenvalue weighted by Crippen LogP contribution is 2.22. The zero-order valence-electron chi connectivity index (χ0n) is 24.0. The van der Waals surface area contributed by atoms with E-state index in [0.717, 1.165) is 42.4 Å². The van der Waals surface area contributed by atoms with Crippen molar-refractivity contribution in [3.63, 3.8) is 0 Å². The second kappa shape index (κ2) is 14.3. The van der Waals surface area contributed by atoms with Gasteiger partial charge in [0.15, 0.2) is 0 Å². The van der Waals surface area contributed by atoms with Crippen LogP contribution in [0, 0.1) is 6.92 Å². The highest BCUT2D eigenvalue weighted by atomic mass is 32.2. The Labute approximate surface area is 244 Å². The minimum Gasteiger partial charge on any atom is -0.352 e. The summed E-state index contributed by atoms with van der Waals surface area (Å²) in [7, 11) is -3.53. The van der Waals surface area contributed by atoms with Gasteiger partial charge in [0, 0.05) is 32.0 Å². The van der Waals surface area contributed by atoms with Gasteiger partial charge in [0.2, 0.25) is 21.8 Å². The minimum absolute atomic E-state index is 0.118. The normalized spacial score (nSPS) is 14.4. The lowest BCUT2D eigenvalue weighted by molar-refractivity contribution is -0.141. The monoisotopic (exact) mass is 575 g/mol. The van der Waals surface area contributed by atoms with Gasteiger partial charge in [-0.1, -0.05) is 91.2 Å². The van der Waals surface area contributed by atoms with Gasteiger partial charge < -0.3 is 10.2 Å². The number of amides is 2. The Kier molecular flexibility index (Phi) is 10.6. The molecular formula is C33H41N3O4S. The number of carbonyl (C=O) groups excluding carboxylic acids is 2. The van der Waals surface area contributed by atoms with Crippen molar-refractivity contribution in [2.45, 2.75) is 70.5 Å². The predicted molar refractivity (Wildman–Crippen MR) is 164 cm³/mol. The molecule has 0 heterocycles. The third-order valence-corrected chi connectivity index (χ3v) is 8.84. The molecule has 1 atom stereocenters. The van der Waals surface area contributed by atoms with Crippen LogP contribution < -0.4 is 9.62 Å². The fraction of sp³-hybridized carbons (Fsp3) is 0.394. The van der Waals surface area contributed by atoms with E-state index >= 15 is 0 Å². The number of para-hydroxylation sites is 1. The first-order chi connectivity index (χ1) is 19.7. The van der Waals surface area contributed by atoms with E-state index in [0.29, 0.717) is 25.1 Å². The highest BCUT2D eigenvalue weighted by Gasteiger charge is 2.32. The van der Waals surface area contributed by atoms with E-state index in [1.54, 1.807) is 29.2 Å². The SMILES string of the molecule is Cc1ccc(CN(C(=O)CCCN(c2ccccc2)S(C)(=O)=O)[C@H](Cc2ccccc2)C(=O)NC2CCCC2)cc1. The van der Waals surface area contributed by atoms with Crippen molar-refractivity contribution in [3.05, 3.63) is 102 Å². The lowest BCUT2D eigenvalue weighted by Gasteiger charge is -2.33. The fourth-order valence-corrected chi connectivity index (χ4v) is 6.38. The van der Waals surface area contributed by atoms with Crippen LogP contribution in [-0.4, -0.2) is 50.0 Å². The van der Waals surface area contributed by atoms with E-state index in [1.807, 2.05) is 67.6 Å².